The molecule has 2 amide bonds. The van der Waals surface area contributed by atoms with Gasteiger partial charge in [-0.2, -0.15) is 0 Å². The maximum atomic E-state index is 13.1. The fourth-order valence-electron chi connectivity index (χ4n) is 4.55. The van der Waals surface area contributed by atoms with Crippen molar-refractivity contribution < 1.29 is 14.3 Å². The van der Waals surface area contributed by atoms with Gasteiger partial charge in [0.05, 0.1) is 40.0 Å². The number of para-hydroxylation sites is 1. The maximum Gasteiger partial charge on any atom is 0.251 e. The number of amides is 2. The molecule has 3 heterocycles. The highest BCUT2D eigenvalue weighted by Gasteiger charge is 2.43. The number of imide groups is 1. The Morgan fingerprint density at radius 1 is 1.06 bits per heavy atom. The van der Waals surface area contributed by atoms with E-state index in [-0.39, 0.29) is 24.3 Å². The molecule has 0 N–H and O–H groups in total. The number of aromatic nitrogens is 1. The third-order valence-electron chi connectivity index (χ3n) is 6.16. The van der Waals surface area contributed by atoms with Gasteiger partial charge in [0.2, 0.25) is 5.91 Å². The summed E-state index contributed by atoms with van der Waals surface area (Å²) in [5.41, 5.74) is 1.68. The number of thiazole rings is 1. The second-order valence-electron chi connectivity index (χ2n) is 8.04. The number of rotatable bonds is 5. The first-order valence-electron chi connectivity index (χ1n) is 10.8. The van der Waals surface area contributed by atoms with Crippen molar-refractivity contribution >= 4 is 39.1 Å². The molecule has 7 heteroatoms. The van der Waals surface area contributed by atoms with Crippen molar-refractivity contribution in [2.75, 3.05) is 24.6 Å². The molecule has 2 aliphatic rings. The van der Waals surface area contributed by atoms with Crippen LogP contribution in [0.4, 0.5) is 5.69 Å². The summed E-state index contributed by atoms with van der Waals surface area (Å²) < 4.78 is 6.68. The van der Waals surface area contributed by atoms with Gasteiger partial charge in [-0.1, -0.05) is 12.1 Å². The lowest BCUT2D eigenvalue weighted by Crippen LogP contribution is -2.45. The summed E-state index contributed by atoms with van der Waals surface area (Å²) in [6, 6.07) is 15.0. The van der Waals surface area contributed by atoms with Crippen LogP contribution in [0, 0.1) is 0 Å². The van der Waals surface area contributed by atoms with Gasteiger partial charge in [0.15, 0.2) is 0 Å². The molecule has 0 spiro atoms. The van der Waals surface area contributed by atoms with Crippen LogP contribution in [0.3, 0.4) is 0 Å². The van der Waals surface area contributed by atoms with E-state index in [1.807, 2.05) is 19.1 Å². The Hall–Kier alpha value is -2.77. The van der Waals surface area contributed by atoms with Crippen molar-refractivity contribution in [3.63, 3.8) is 0 Å². The van der Waals surface area contributed by atoms with Gasteiger partial charge in [0, 0.05) is 5.92 Å². The van der Waals surface area contributed by atoms with E-state index in [1.54, 1.807) is 35.6 Å². The van der Waals surface area contributed by atoms with E-state index in [4.69, 9.17) is 9.72 Å². The quantitative estimate of drug-likeness (QED) is 0.562. The molecule has 0 aliphatic carbocycles. The molecule has 1 atom stereocenters. The maximum absolute atomic E-state index is 13.1. The summed E-state index contributed by atoms with van der Waals surface area (Å²) in [6.45, 7) is 4.12. The lowest BCUT2D eigenvalue weighted by atomic mass is 9.96. The molecule has 1 aromatic heterocycles. The van der Waals surface area contributed by atoms with E-state index >= 15 is 0 Å². The highest BCUT2D eigenvalue weighted by atomic mass is 32.1. The van der Waals surface area contributed by atoms with Crippen LogP contribution in [0.15, 0.2) is 48.5 Å². The van der Waals surface area contributed by atoms with Gasteiger partial charge in [-0.05, 0) is 69.3 Å². The Bertz CT molecular complexity index is 1070. The van der Waals surface area contributed by atoms with E-state index in [0.29, 0.717) is 18.2 Å². The Morgan fingerprint density at radius 3 is 2.52 bits per heavy atom. The van der Waals surface area contributed by atoms with Crippen molar-refractivity contribution in [1.82, 2.24) is 9.88 Å². The Balaban J connectivity index is 1.25. The molecule has 5 rings (SSSR count). The van der Waals surface area contributed by atoms with Crippen molar-refractivity contribution in [3.05, 3.63) is 53.5 Å². The monoisotopic (exact) mass is 435 g/mol. The molecule has 6 nitrogen and oxygen atoms in total. The average molecular weight is 436 g/mol. The van der Waals surface area contributed by atoms with Crippen LogP contribution in [0.1, 0.15) is 37.1 Å². The topological polar surface area (TPSA) is 62.7 Å². The number of hydrogen-bond acceptors (Lipinski definition) is 6. The minimum atomic E-state index is -0.365. The predicted octanol–water partition coefficient (Wildman–Crippen LogP) is 4.21. The van der Waals surface area contributed by atoms with Crippen molar-refractivity contribution in [1.29, 1.82) is 0 Å². The van der Waals surface area contributed by atoms with E-state index < -0.39 is 0 Å². The standard InChI is InChI=1S/C24H25N3O3S/c1-2-30-18-9-7-17(8-10-18)27-22(28)15-20(24(27)29)26-13-11-16(12-14-26)23-25-19-5-3-4-6-21(19)31-23/h3-10,16,20H,2,11-15H2,1H3. The zero-order valence-corrected chi connectivity index (χ0v) is 18.3. The van der Waals surface area contributed by atoms with Crippen LogP contribution in [0.5, 0.6) is 5.75 Å². The van der Waals surface area contributed by atoms with Crippen LogP contribution in [0.2, 0.25) is 0 Å². The minimum absolute atomic E-state index is 0.118. The molecule has 3 aromatic rings. The van der Waals surface area contributed by atoms with Gasteiger partial charge in [-0.3, -0.25) is 14.5 Å². The zero-order valence-electron chi connectivity index (χ0n) is 17.5. The molecule has 0 radical (unpaired) electrons. The molecule has 160 valence electrons. The molecule has 0 bridgehead atoms. The number of carbonyl (C=O) groups excluding carboxylic acids is 2. The second kappa shape index (κ2) is 8.40. The number of ether oxygens (including phenoxy) is 1. The second-order valence-corrected chi connectivity index (χ2v) is 9.11. The molecule has 2 saturated heterocycles. The van der Waals surface area contributed by atoms with Gasteiger partial charge in [-0.25, -0.2) is 9.88 Å². The highest BCUT2D eigenvalue weighted by Crippen LogP contribution is 2.36. The van der Waals surface area contributed by atoms with Crippen LogP contribution in [-0.4, -0.2) is 47.4 Å². The summed E-state index contributed by atoms with van der Waals surface area (Å²) in [4.78, 5) is 34.1. The van der Waals surface area contributed by atoms with Gasteiger partial charge in [0.25, 0.3) is 5.91 Å². The summed E-state index contributed by atoms with van der Waals surface area (Å²) in [7, 11) is 0. The molecule has 1 unspecified atom stereocenters. The summed E-state index contributed by atoms with van der Waals surface area (Å²) >= 11 is 1.77. The first kappa shape index (κ1) is 20.2. The van der Waals surface area contributed by atoms with E-state index in [1.165, 1.54) is 14.6 Å². The fraction of sp³-hybridized carbons (Fsp3) is 0.375. The fourth-order valence-corrected chi connectivity index (χ4v) is 5.69. The molecule has 2 aliphatic heterocycles. The molecule has 0 saturated carbocycles. The largest absolute Gasteiger partial charge is 0.494 e. The Kier molecular flexibility index (Phi) is 5.46. The Morgan fingerprint density at radius 2 is 1.81 bits per heavy atom. The number of carbonyl (C=O) groups is 2. The molecular formula is C24H25N3O3S. The van der Waals surface area contributed by atoms with Crippen molar-refractivity contribution in [2.24, 2.45) is 0 Å². The lowest BCUT2D eigenvalue weighted by Gasteiger charge is -2.34. The van der Waals surface area contributed by atoms with Crippen LogP contribution in [0.25, 0.3) is 10.2 Å². The normalized spacial score (nSPS) is 20.7. The number of likely N-dealkylation sites (tertiary alicyclic amines) is 1. The smallest absolute Gasteiger partial charge is 0.251 e. The lowest BCUT2D eigenvalue weighted by molar-refractivity contribution is -0.123. The summed E-state index contributed by atoms with van der Waals surface area (Å²) in [5, 5.41) is 1.19. The van der Waals surface area contributed by atoms with Crippen molar-refractivity contribution in [2.45, 2.75) is 38.1 Å². The molecular weight excluding hydrogens is 410 g/mol. The van der Waals surface area contributed by atoms with Crippen LogP contribution in [-0.2, 0) is 9.59 Å². The number of fused-ring (bicyclic) bond motifs is 1. The number of hydrogen-bond donors (Lipinski definition) is 0. The first-order valence-corrected chi connectivity index (χ1v) is 11.6. The van der Waals surface area contributed by atoms with Gasteiger partial charge in [0.1, 0.15) is 5.75 Å². The highest BCUT2D eigenvalue weighted by molar-refractivity contribution is 7.18. The Labute approximate surface area is 185 Å². The van der Waals surface area contributed by atoms with Gasteiger partial charge < -0.3 is 4.74 Å². The first-order chi connectivity index (χ1) is 15.1. The minimum Gasteiger partial charge on any atom is -0.494 e. The summed E-state index contributed by atoms with van der Waals surface area (Å²) in [5.74, 6) is 0.905. The van der Waals surface area contributed by atoms with E-state index in [9.17, 15) is 9.59 Å². The number of anilines is 1. The number of piperidine rings is 1. The van der Waals surface area contributed by atoms with Crippen LogP contribution >= 0.6 is 11.3 Å². The number of benzene rings is 2. The van der Waals surface area contributed by atoms with E-state index in [0.717, 1.165) is 37.2 Å². The third-order valence-corrected chi connectivity index (χ3v) is 7.36. The predicted molar refractivity (Wildman–Crippen MR) is 122 cm³/mol. The average Bonchev–Trinajstić information content (AvgIpc) is 3.35. The molecule has 2 aromatic carbocycles. The van der Waals surface area contributed by atoms with Crippen molar-refractivity contribution in [3.8, 4) is 5.75 Å². The molecule has 31 heavy (non-hydrogen) atoms. The third kappa shape index (κ3) is 3.83. The molecule has 2 fully saturated rings. The van der Waals surface area contributed by atoms with Gasteiger partial charge >= 0.3 is 0 Å². The zero-order chi connectivity index (χ0) is 21.4. The number of nitrogens with zero attached hydrogens (tertiary/aromatic N) is 3. The SMILES string of the molecule is CCOc1ccc(N2C(=O)CC(N3CCC(c4nc5ccccc5s4)CC3)C2=O)cc1. The van der Waals surface area contributed by atoms with Crippen LogP contribution < -0.4 is 9.64 Å². The van der Waals surface area contributed by atoms with E-state index in [2.05, 4.69) is 17.0 Å². The van der Waals surface area contributed by atoms with Gasteiger partial charge in [-0.15, -0.1) is 11.3 Å². The summed E-state index contributed by atoms with van der Waals surface area (Å²) in [6.07, 6.45) is 2.17.